The normalized spacial score (nSPS) is 21.9. The van der Waals surface area contributed by atoms with Gasteiger partial charge in [0.15, 0.2) is 0 Å². The van der Waals surface area contributed by atoms with E-state index >= 15 is 0 Å². The Balaban J connectivity index is 2.09. The number of ether oxygens (including phenoxy) is 1. The van der Waals surface area contributed by atoms with Gasteiger partial charge in [-0.2, -0.15) is 0 Å². The third-order valence-corrected chi connectivity index (χ3v) is 11.0. The summed E-state index contributed by atoms with van der Waals surface area (Å²) in [7, 11) is 0. The Morgan fingerprint density at radius 1 is 0.633 bits per heavy atom. The summed E-state index contributed by atoms with van der Waals surface area (Å²) in [5.41, 5.74) is 0. The Bertz CT molecular complexity index is 745. The van der Waals surface area contributed by atoms with Crippen molar-refractivity contribution in [1.82, 2.24) is 5.32 Å². The lowest BCUT2D eigenvalue weighted by molar-refractivity contribution is -0.137. The van der Waals surface area contributed by atoms with Gasteiger partial charge in [0.25, 0.3) is 0 Å². The fourth-order valence-corrected chi connectivity index (χ4v) is 7.40. The molecule has 7 atom stereocenters. The van der Waals surface area contributed by atoms with Gasteiger partial charge in [0.2, 0.25) is 0 Å². The molecule has 0 aromatic rings. The lowest BCUT2D eigenvalue weighted by atomic mass is 9.92. The predicted molar refractivity (Wildman–Crippen MR) is 209 cm³/mol. The summed E-state index contributed by atoms with van der Waals surface area (Å²) in [6, 6.07) is -0.530. The van der Waals surface area contributed by atoms with Crippen LogP contribution >= 0.6 is 12.2 Å². The van der Waals surface area contributed by atoms with Crippen LogP contribution in [0.15, 0.2) is 0 Å². The summed E-state index contributed by atoms with van der Waals surface area (Å²) in [6.45, 7) is 4.25. The molecule has 0 aromatic heterocycles. The summed E-state index contributed by atoms with van der Waals surface area (Å²) in [4.78, 5) is 0.677. The van der Waals surface area contributed by atoms with Crippen molar-refractivity contribution in [2.45, 2.75) is 249 Å². The van der Waals surface area contributed by atoms with Crippen molar-refractivity contribution < 1.29 is 30.3 Å². The first-order valence-electron chi connectivity index (χ1n) is 21.1. The number of thiocarbonyl (C=S) groups is 1. The van der Waals surface area contributed by atoms with Crippen LogP contribution in [0.1, 0.15) is 206 Å². The molecule has 0 aromatic carbocycles. The average molecular weight is 716 g/mol. The van der Waals surface area contributed by atoms with E-state index < -0.39 is 42.7 Å². The van der Waals surface area contributed by atoms with Crippen LogP contribution in [0.5, 0.6) is 0 Å². The number of hydrogen-bond acceptors (Lipinski definition) is 7. The van der Waals surface area contributed by atoms with Crippen LogP contribution in [0.3, 0.4) is 0 Å². The van der Waals surface area contributed by atoms with Crippen LogP contribution in [0.25, 0.3) is 0 Å². The first-order chi connectivity index (χ1) is 23.8. The molecule has 1 rings (SSSR count). The van der Waals surface area contributed by atoms with Crippen molar-refractivity contribution >= 4 is 17.2 Å². The number of aliphatic hydroxyl groups excluding tert-OH is 5. The molecule has 0 aliphatic heterocycles. The van der Waals surface area contributed by atoms with E-state index in [1.54, 1.807) is 0 Å². The van der Waals surface area contributed by atoms with Gasteiger partial charge in [0.05, 0.1) is 42.1 Å². The molecule has 1 aliphatic carbocycles. The zero-order valence-corrected chi connectivity index (χ0v) is 32.8. The van der Waals surface area contributed by atoms with E-state index in [0.717, 1.165) is 32.1 Å². The van der Waals surface area contributed by atoms with Crippen LogP contribution in [0.2, 0.25) is 0 Å². The standard InChI is InChI=1S/C41H81NO6S/c1-3-5-6-7-8-9-10-11-12-13-14-15-16-17-18-19-20-21-22-23-24-25-26-31-39(49)42-35(37(45)32-34(43)4-2)33-48-38-30-28-27-29-36(44)40(46)41(38)47/h34-38,40-41,43-47H,3-33H2,1-2H3,(H,42,49). The fourth-order valence-electron chi connectivity index (χ4n) is 7.11. The van der Waals surface area contributed by atoms with Crippen molar-refractivity contribution in [3.8, 4) is 0 Å². The SMILES string of the molecule is CCCCCCCCCCCCCCCCCCCCCCCCCC(=S)NC(COC1CCCCC(O)C(O)C1O)C(O)CC(O)CC. The molecule has 7 unspecified atom stereocenters. The molecule has 0 bridgehead atoms. The van der Waals surface area contributed by atoms with Gasteiger partial charge < -0.3 is 35.6 Å². The highest BCUT2D eigenvalue weighted by Crippen LogP contribution is 2.22. The molecule has 0 amide bonds. The van der Waals surface area contributed by atoms with E-state index in [1.165, 1.54) is 135 Å². The van der Waals surface area contributed by atoms with Gasteiger partial charge in [0.1, 0.15) is 12.2 Å². The molecule has 1 aliphatic rings. The second-order valence-electron chi connectivity index (χ2n) is 15.3. The number of rotatable bonds is 32. The van der Waals surface area contributed by atoms with Gasteiger partial charge in [-0.1, -0.05) is 180 Å². The summed E-state index contributed by atoms with van der Waals surface area (Å²) in [5, 5.41) is 55.3. The van der Waals surface area contributed by atoms with E-state index in [4.69, 9.17) is 17.0 Å². The smallest absolute Gasteiger partial charge is 0.108 e. The molecule has 6 N–H and O–H groups in total. The van der Waals surface area contributed by atoms with Gasteiger partial charge in [-0.05, 0) is 32.1 Å². The minimum absolute atomic E-state index is 0.0850. The van der Waals surface area contributed by atoms with Crippen LogP contribution in [0, 0.1) is 0 Å². The summed E-state index contributed by atoms with van der Waals surface area (Å²) >= 11 is 5.63. The maximum Gasteiger partial charge on any atom is 0.108 e. The lowest BCUT2D eigenvalue weighted by Gasteiger charge is -2.34. The van der Waals surface area contributed by atoms with Crippen LogP contribution in [0.4, 0.5) is 0 Å². The average Bonchev–Trinajstić information content (AvgIpc) is 3.09. The van der Waals surface area contributed by atoms with Gasteiger partial charge in [-0.3, -0.25) is 0 Å². The molecule has 0 heterocycles. The van der Waals surface area contributed by atoms with Crippen molar-refractivity contribution in [3.05, 3.63) is 0 Å². The summed E-state index contributed by atoms with van der Waals surface area (Å²) < 4.78 is 6.02. The van der Waals surface area contributed by atoms with E-state index in [9.17, 15) is 25.5 Å². The van der Waals surface area contributed by atoms with E-state index in [0.29, 0.717) is 24.3 Å². The predicted octanol–water partition coefficient (Wildman–Crippen LogP) is 9.22. The molecule has 1 fully saturated rings. The van der Waals surface area contributed by atoms with E-state index in [-0.39, 0.29) is 13.0 Å². The molecular weight excluding hydrogens is 635 g/mol. The largest absolute Gasteiger partial charge is 0.393 e. The minimum atomic E-state index is -1.26. The molecular formula is C41H81NO6S. The highest BCUT2D eigenvalue weighted by molar-refractivity contribution is 7.80. The number of hydrogen-bond donors (Lipinski definition) is 6. The maximum atomic E-state index is 10.9. The van der Waals surface area contributed by atoms with Gasteiger partial charge >= 0.3 is 0 Å². The number of nitrogens with one attached hydrogen (secondary N) is 1. The molecule has 292 valence electrons. The third kappa shape index (κ3) is 25.3. The highest BCUT2D eigenvalue weighted by atomic mass is 32.1. The Kier molecular flexibility index (Phi) is 30.8. The first-order valence-corrected chi connectivity index (χ1v) is 21.5. The maximum absolute atomic E-state index is 10.9. The van der Waals surface area contributed by atoms with Crippen molar-refractivity contribution in [1.29, 1.82) is 0 Å². The number of aliphatic hydroxyl groups is 5. The van der Waals surface area contributed by atoms with Crippen LogP contribution in [-0.2, 0) is 4.74 Å². The minimum Gasteiger partial charge on any atom is -0.393 e. The number of unbranched alkanes of at least 4 members (excludes halogenated alkanes) is 22. The Hall–Kier alpha value is -0.350. The second kappa shape index (κ2) is 32.3. The lowest BCUT2D eigenvalue weighted by Crippen LogP contribution is -2.51. The van der Waals surface area contributed by atoms with Crippen molar-refractivity contribution in [2.24, 2.45) is 0 Å². The quantitative estimate of drug-likeness (QED) is 0.0301. The zero-order valence-electron chi connectivity index (χ0n) is 32.0. The molecule has 7 nitrogen and oxygen atoms in total. The molecule has 49 heavy (non-hydrogen) atoms. The van der Waals surface area contributed by atoms with Crippen LogP contribution in [-0.4, -0.2) is 79.8 Å². The van der Waals surface area contributed by atoms with Crippen LogP contribution < -0.4 is 5.32 Å². The highest BCUT2D eigenvalue weighted by Gasteiger charge is 2.34. The Morgan fingerprint density at radius 3 is 1.51 bits per heavy atom. The summed E-state index contributed by atoms with van der Waals surface area (Å²) in [5.74, 6) is 0. The second-order valence-corrected chi connectivity index (χ2v) is 15.8. The molecule has 0 saturated heterocycles. The molecule has 0 radical (unpaired) electrons. The molecule has 8 heteroatoms. The van der Waals surface area contributed by atoms with Gasteiger partial charge in [-0.15, -0.1) is 0 Å². The Labute approximate surface area is 307 Å². The monoisotopic (exact) mass is 716 g/mol. The van der Waals surface area contributed by atoms with Gasteiger partial charge in [0, 0.05) is 6.42 Å². The first kappa shape index (κ1) is 46.7. The molecule has 0 spiro atoms. The van der Waals surface area contributed by atoms with Crippen molar-refractivity contribution in [2.75, 3.05) is 6.61 Å². The van der Waals surface area contributed by atoms with E-state index in [1.807, 2.05) is 6.92 Å². The zero-order chi connectivity index (χ0) is 36.0. The van der Waals surface area contributed by atoms with Gasteiger partial charge in [-0.25, -0.2) is 0 Å². The molecule has 1 saturated carbocycles. The fraction of sp³-hybridized carbons (Fsp3) is 0.976. The Morgan fingerprint density at radius 2 is 1.06 bits per heavy atom. The summed E-state index contributed by atoms with van der Waals surface area (Å²) in [6.07, 6.45) is 29.9. The van der Waals surface area contributed by atoms with E-state index in [2.05, 4.69) is 12.2 Å². The third-order valence-electron chi connectivity index (χ3n) is 10.7. The van der Waals surface area contributed by atoms with Crippen molar-refractivity contribution in [3.63, 3.8) is 0 Å². The topological polar surface area (TPSA) is 122 Å².